The summed E-state index contributed by atoms with van der Waals surface area (Å²) >= 11 is 0. The quantitative estimate of drug-likeness (QED) is 0.472. The van der Waals surface area contributed by atoms with Crippen molar-refractivity contribution >= 4 is 5.91 Å². The molecule has 0 aromatic heterocycles. The van der Waals surface area contributed by atoms with E-state index in [0.717, 1.165) is 32.2 Å². The van der Waals surface area contributed by atoms with E-state index in [1.54, 1.807) is 0 Å². The minimum absolute atomic E-state index is 0.167. The van der Waals surface area contributed by atoms with Gasteiger partial charge < -0.3 is 10.4 Å². The Labute approximate surface area is 119 Å². The first kappa shape index (κ1) is 18.4. The minimum atomic E-state index is 0.167. The predicted octanol–water partition coefficient (Wildman–Crippen LogP) is 3.80. The number of carbonyl (C=O) groups excluding carboxylic acids is 1. The third-order valence-electron chi connectivity index (χ3n) is 3.41. The van der Waals surface area contributed by atoms with Crippen LogP contribution in [0.25, 0.3) is 0 Å². The van der Waals surface area contributed by atoms with E-state index in [0.29, 0.717) is 6.42 Å². The van der Waals surface area contributed by atoms with E-state index in [1.807, 2.05) is 0 Å². The molecule has 114 valence electrons. The van der Waals surface area contributed by atoms with E-state index in [1.165, 1.54) is 44.9 Å². The lowest BCUT2D eigenvalue weighted by Crippen LogP contribution is -2.23. The highest BCUT2D eigenvalue weighted by Gasteiger charge is 1.99. The molecule has 3 nitrogen and oxygen atoms in total. The van der Waals surface area contributed by atoms with E-state index in [4.69, 9.17) is 5.11 Å². The molecular formula is C16H33NO2. The average molecular weight is 271 g/mol. The lowest BCUT2D eigenvalue weighted by molar-refractivity contribution is -0.121. The number of hydrogen-bond donors (Lipinski definition) is 2. The number of aliphatic hydroxyl groups is 1. The molecule has 0 aromatic rings. The van der Waals surface area contributed by atoms with E-state index in [-0.39, 0.29) is 12.5 Å². The molecule has 0 aromatic carbocycles. The van der Waals surface area contributed by atoms with E-state index < -0.39 is 0 Å². The number of amides is 1. The maximum atomic E-state index is 11.4. The second-order valence-electron chi connectivity index (χ2n) is 5.36. The Morgan fingerprint density at radius 3 is 2.05 bits per heavy atom. The molecule has 0 aliphatic heterocycles. The smallest absolute Gasteiger partial charge is 0.219 e. The first-order valence-electron chi connectivity index (χ1n) is 8.18. The highest BCUT2D eigenvalue weighted by molar-refractivity contribution is 5.75. The normalized spacial score (nSPS) is 10.6. The molecule has 0 unspecified atom stereocenters. The average Bonchev–Trinajstić information content (AvgIpc) is 2.42. The molecule has 0 saturated carbocycles. The van der Waals surface area contributed by atoms with Crippen molar-refractivity contribution < 1.29 is 9.90 Å². The van der Waals surface area contributed by atoms with Crippen LogP contribution in [0.15, 0.2) is 0 Å². The zero-order valence-electron chi connectivity index (χ0n) is 12.8. The van der Waals surface area contributed by atoms with Crippen molar-refractivity contribution in [3.8, 4) is 0 Å². The zero-order chi connectivity index (χ0) is 14.2. The van der Waals surface area contributed by atoms with Crippen molar-refractivity contribution in [2.24, 2.45) is 0 Å². The topological polar surface area (TPSA) is 49.3 Å². The second kappa shape index (κ2) is 15.5. The van der Waals surface area contributed by atoms with E-state index in [9.17, 15) is 4.79 Å². The third kappa shape index (κ3) is 15.4. The molecule has 0 atom stereocenters. The summed E-state index contributed by atoms with van der Waals surface area (Å²) in [6.45, 7) is 3.31. The summed E-state index contributed by atoms with van der Waals surface area (Å²) in [6, 6.07) is 0. The predicted molar refractivity (Wildman–Crippen MR) is 81.2 cm³/mol. The Hall–Kier alpha value is -0.570. The molecule has 0 bridgehead atoms. The van der Waals surface area contributed by atoms with Crippen LogP contribution in [-0.4, -0.2) is 24.2 Å². The molecule has 2 N–H and O–H groups in total. The highest BCUT2D eigenvalue weighted by atomic mass is 16.2. The van der Waals surface area contributed by atoms with Crippen LogP contribution in [0.3, 0.4) is 0 Å². The van der Waals surface area contributed by atoms with Gasteiger partial charge in [0.15, 0.2) is 0 Å². The number of unbranched alkanes of at least 4 members (excludes halogenated alkanes) is 9. The maximum Gasteiger partial charge on any atom is 0.219 e. The fourth-order valence-corrected chi connectivity index (χ4v) is 2.15. The first-order chi connectivity index (χ1) is 9.31. The fourth-order valence-electron chi connectivity index (χ4n) is 2.15. The number of nitrogens with one attached hydrogen (secondary N) is 1. The van der Waals surface area contributed by atoms with E-state index >= 15 is 0 Å². The van der Waals surface area contributed by atoms with Gasteiger partial charge >= 0.3 is 0 Å². The number of hydrogen-bond acceptors (Lipinski definition) is 2. The van der Waals surface area contributed by atoms with Gasteiger partial charge in [-0.05, 0) is 19.3 Å². The van der Waals surface area contributed by atoms with Crippen LogP contribution in [0.5, 0.6) is 0 Å². The molecule has 0 aliphatic rings. The summed E-state index contributed by atoms with van der Waals surface area (Å²) in [5, 5.41) is 11.6. The molecule has 19 heavy (non-hydrogen) atoms. The molecule has 0 heterocycles. The van der Waals surface area contributed by atoms with Gasteiger partial charge in [-0.2, -0.15) is 0 Å². The van der Waals surface area contributed by atoms with Gasteiger partial charge in [-0.15, -0.1) is 0 Å². The van der Waals surface area contributed by atoms with Gasteiger partial charge in [0.25, 0.3) is 0 Å². The van der Waals surface area contributed by atoms with Gasteiger partial charge in [-0.3, -0.25) is 4.79 Å². The monoisotopic (exact) mass is 271 g/mol. The lowest BCUT2D eigenvalue weighted by atomic mass is 10.1. The minimum Gasteiger partial charge on any atom is -0.396 e. The van der Waals surface area contributed by atoms with Crippen LogP contribution in [0.1, 0.15) is 84.0 Å². The number of carbonyl (C=O) groups is 1. The van der Waals surface area contributed by atoms with Crippen LogP contribution < -0.4 is 5.32 Å². The molecular weight excluding hydrogens is 238 g/mol. The molecule has 0 saturated heterocycles. The van der Waals surface area contributed by atoms with Gasteiger partial charge in [-0.1, -0.05) is 58.3 Å². The summed E-state index contributed by atoms with van der Waals surface area (Å²) in [4.78, 5) is 11.4. The van der Waals surface area contributed by atoms with Crippen molar-refractivity contribution in [3.05, 3.63) is 0 Å². The van der Waals surface area contributed by atoms with Crippen LogP contribution in [0.2, 0.25) is 0 Å². The molecule has 1 amide bonds. The standard InChI is InChI=1S/C16H33NO2/c1-2-3-4-5-6-7-8-11-14-17-16(19)13-10-9-12-15-18/h18H,2-15H2,1H3,(H,17,19). The maximum absolute atomic E-state index is 11.4. The molecule has 0 radical (unpaired) electrons. The van der Waals surface area contributed by atoms with Crippen molar-refractivity contribution in [1.29, 1.82) is 0 Å². The van der Waals surface area contributed by atoms with Crippen LogP contribution >= 0.6 is 0 Å². The van der Waals surface area contributed by atoms with Gasteiger partial charge in [0, 0.05) is 19.6 Å². The molecule has 3 heteroatoms. The Morgan fingerprint density at radius 2 is 1.42 bits per heavy atom. The third-order valence-corrected chi connectivity index (χ3v) is 3.41. The Kier molecular flexibility index (Phi) is 15.0. The van der Waals surface area contributed by atoms with Crippen molar-refractivity contribution in [2.45, 2.75) is 84.0 Å². The summed E-state index contributed by atoms with van der Waals surface area (Å²) < 4.78 is 0. The molecule has 0 rings (SSSR count). The van der Waals surface area contributed by atoms with Crippen LogP contribution in [0.4, 0.5) is 0 Å². The van der Waals surface area contributed by atoms with Gasteiger partial charge in [-0.25, -0.2) is 0 Å². The van der Waals surface area contributed by atoms with E-state index in [2.05, 4.69) is 12.2 Å². The first-order valence-corrected chi connectivity index (χ1v) is 8.18. The Morgan fingerprint density at radius 1 is 0.842 bits per heavy atom. The molecule has 0 fully saturated rings. The summed E-state index contributed by atoms with van der Waals surface area (Å²) in [5.41, 5.74) is 0. The molecule has 0 aliphatic carbocycles. The molecule has 0 spiro atoms. The lowest BCUT2D eigenvalue weighted by Gasteiger charge is -2.05. The zero-order valence-corrected chi connectivity index (χ0v) is 12.8. The number of rotatable bonds is 14. The summed E-state index contributed by atoms with van der Waals surface area (Å²) in [6.07, 6.45) is 13.7. The van der Waals surface area contributed by atoms with Gasteiger partial charge in [0.2, 0.25) is 5.91 Å². The SMILES string of the molecule is CCCCCCCCCCNC(=O)CCCCCO. The van der Waals surface area contributed by atoms with Crippen molar-refractivity contribution in [1.82, 2.24) is 5.32 Å². The van der Waals surface area contributed by atoms with Gasteiger partial charge in [0.1, 0.15) is 0 Å². The van der Waals surface area contributed by atoms with Crippen molar-refractivity contribution in [2.75, 3.05) is 13.2 Å². The summed E-state index contributed by atoms with van der Waals surface area (Å²) in [7, 11) is 0. The summed E-state index contributed by atoms with van der Waals surface area (Å²) in [5.74, 6) is 0.167. The largest absolute Gasteiger partial charge is 0.396 e. The Balaban J connectivity index is 3.10. The van der Waals surface area contributed by atoms with Crippen LogP contribution in [0, 0.1) is 0 Å². The number of aliphatic hydroxyl groups excluding tert-OH is 1. The Bertz CT molecular complexity index is 195. The van der Waals surface area contributed by atoms with Crippen molar-refractivity contribution in [3.63, 3.8) is 0 Å². The van der Waals surface area contributed by atoms with Crippen LogP contribution in [-0.2, 0) is 4.79 Å². The highest BCUT2D eigenvalue weighted by Crippen LogP contribution is 2.08. The fraction of sp³-hybridized carbons (Fsp3) is 0.938. The van der Waals surface area contributed by atoms with Gasteiger partial charge in [0.05, 0.1) is 0 Å². The second-order valence-corrected chi connectivity index (χ2v) is 5.36.